The van der Waals surface area contributed by atoms with Crippen molar-refractivity contribution in [2.45, 2.75) is 13.8 Å². The van der Waals surface area contributed by atoms with E-state index in [0.717, 1.165) is 14.9 Å². The second-order valence-corrected chi connectivity index (χ2v) is 6.25. The third-order valence-corrected chi connectivity index (χ3v) is 4.58. The zero-order valence-corrected chi connectivity index (χ0v) is 11.8. The summed E-state index contributed by atoms with van der Waals surface area (Å²) >= 11 is 4.69. The van der Waals surface area contributed by atoms with E-state index in [1.807, 2.05) is 13.8 Å². The first-order valence-corrected chi connectivity index (χ1v) is 6.67. The Morgan fingerprint density at radius 2 is 2.00 bits per heavy atom. The molecular weight excluding hydrogens is 303 g/mol. The average Bonchev–Trinajstić information content (AvgIpc) is 2.62. The van der Waals surface area contributed by atoms with Crippen molar-refractivity contribution in [1.29, 1.82) is 0 Å². The van der Waals surface area contributed by atoms with E-state index in [2.05, 4.69) is 15.9 Å². The summed E-state index contributed by atoms with van der Waals surface area (Å²) in [6.07, 6.45) is 0. The van der Waals surface area contributed by atoms with Crippen LogP contribution in [0.3, 0.4) is 0 Å². The van der Waals surface area contributed by atoms with Crippen molar-refractivity contribution in [2.24, 2.45) is 0 Å². The molecule has 0 saturated heterocycles. The summed E-state index contributed by atoms with van der Waals surface area (Å²) in [4.78, 5) is 12.7. The van der Waals surface area contributed by atoms with Crippen LogP contribution >= 0.6 is 27.3 Å². The highest BCUT2D eigenvalue weighted by Crippen LogP contribution is 2.29. The van der Waals surface area contributed by atoms with Crippen LogP contribution in [0.25, 0.3) is 0 Å². The fourth-order valence-corrected chi connectivity index (χ4v) is 3.01. The van der Waals surface area contributed by atoms with E-state index in [-0.39, 0.29) is 11.3 Å². The molecule has 1 aromatic carbocycles. The molecule has 0 aliphatic carbocycles. The van der Waals surface area contributed by atoms with Gasteiger partial charge in [-0.1, -0.05) is 11.6 Å². The number of aryl methyl sites for hydroxylation is 2. The zero-order chi connectivity index (χ0) is 12.6. The summed E-state index contributed by atoms with van der Waals surface area (Å²) < 4.78 is 14.5. The molecule has 0 saturated carbocycles. The van der Waals surface area contributed by atoms with Crippen molar-refractivity contribution in [3.8, 4) is 0 Å². The second-order valence-electron chi connectivity index (χ2n) is 3.88. The normalized spacial score (nSPS) is 10.6. The van der Waals surface area contributed by atoms with Crippen LogP contribution in [-0.4, -0.2) is 5.78 Å². The molecule has 0 fully saturated rings. The third-order valence-electron chi connectivity index (χ3n) is 2.45. The Labute approximate surface area is 111 Å². The molecule has 1 aromatic heterocycles. The Bertz CT molecular complexity index is 570. The molecule has 0 N–H and O–H groups in total. The maximum Gasteiger partial charge on any atom is 0.205 e. The third kappa shape index (κ3) is 2.48. The van der Waals surface area contributed by atoms with Gasteiger partial charge in [-0.05, 0) is 53.5 Å². The van der Waals surface area contributed by atoms with Gasteiger partial charge >= 0.3 is 0 Å². The molecule has 0 amide bonds. The summed E-state index contributed by atoms with van der Waals surface area (Å²) in [6, 6.07) is 6.35. The van der Waals surface area contributed by atoms with E-state index >= 15 is 0 Å². The lowest BCUT2D eigenvalue weighted by atomic mass is 10.1. The van der Waals surface area contributed by atoms with E-state index in [0.29, 0.717) is 4.88 Å². The molecule has 17 heavy (non-hydrogen) atoms. The SMILES string of the molecule is Cc1ccc(F)c(C(=O)c2cc(C)c(Br)s2)c1. The van der Waals surface area contributed by atoms with Gasteiger partial charge in [0, 0.05) is 0 Å². The number of benzene rings is 1. The molecule has 2 rings (SSSR count). The number of hydrogen-bond donors (Lipinski definition) is 0. The van der Waals surface area contributed by atoms with Crippen molar-refractivity contribution in [1.82, 2.24) is 0 Å². The summed E-state index contributed by atoms with van der Waals surface area (Å²) in [5.74, 6) is -0.729. The molecule has 0 atom stereocenters. The number of hydrogen-bond acceptors (Lipinski definition) is 2. The Morgan fingerprint density at radius 3 is 2.59 bits per heavy atom. The van der Waals surface area contributed by atoms with Crippen molar-refractivity contribution in [2.75, 3.05) is 0 Å². The minimum atomic E-state index is -0.470. The minimum Gasteiger partial charge on any atom is -0.288 e. The summed E-state index contributed by atoms with van der Waals surface area (Å²) in [5, 5.41) is 0. The largest absolute Gasteiger partial charge is 0.288 e. The number of thiophene rings is 1. The highest BCUT2D eigenvalue weighted by Gasteiger charge is 2.17. The van der Waals surface area contributed by atoms with Gasteiger partial charge in [-0.15, -0.1) is 11.3 Å². The van der Waals surface area contributed by atoms with Gasteiger partial charge in [0.1, 0.15) is 5.82 Å². The molecule has 1 nitrogen and oxygen atoms in total. The highest BCUT2D eigenvalue weighted by molar-refractivity contribution is 9.11. The van der Waals surface area contributed by atoms with Crippen LogP contribution in [0.1, 0.15) is 26.4 Å². The Hall–Kier alpha value is -1.000. The molecule has 0 aliphatic heterocycles. The van der Waals surface area contributed by atoms with Crippen LogP contribution < -0.4 is 0 Å². The van der Waals surface area contributed by atoms with Crippen LogP contribution in [0.2, 0.25) is 0 Å². The molecule has 0 unspecified atom stereocenters. The first kappa shape index (κ1) is 12.5. The van der Waals surface area contributed by atoms with Gasteiger partial charge in [0.25, 0.3) is 0 Å². The molecule has 2 aromatic rings. The lowest BCUT2D eigenvalue weighted by Gasteiger charge is -2.01. The predicted molar refractivity (Wildman–Crippen MR) is 71.3 cm³/mol. The van der Waals surface area contributed by atoms with Crippen molar-refractivity contribution >= 4 is 33.0 Å². The number of carbonyl (C=O) groups is 1. The maximum absolute atomic E-state index is 13.6. The van der Waals surface area contributed by atoms with Gasteiger partial charge in [0.2, 0.25) is 5.78 Å². The van der Waals surface area contributed by atoms with E-state index in [4.69, 9.17) is 0 Å². The molecule has 1 heterocycles. The van der Waals surface area contributed by atoms with Crippen LogP contribution in [0.15, 0.2) is 28.1 Å². The standard InChI is InChI=1S/C13H10BrFOS/c1-7-3-4-10(15)9(5-7)12(16)11-6-8(2)13(14)17-11/h3-6H,1-2H3. The van der Waals surface area contributed by atoms with Crippen LogP contribution in [0.5, 0.6) is 0 Å². The lowest BCUT2D eigenvalue weighted by molar-refractivity contribution is 0.103. The van der Waals surface area contributed by atoms with E-state index in [9.17, 15) is 9.18 Å². The summed E-state index contributed by atoms with van der Waals surface area (Å²) in [5.41, 5.74) is 2.01. The van der Waals surface area contributed by atoms with E-state index < -0.39 is 5.82 Å². The number of carbonyl (C=O) groups excluding carboxylic acids is 1. The van der Waals surface area contributed by atoms with E-state index in [1.165, 1.54) is 17.4 Å². The Balaban J connectivity index is 2.47. The molecule has 0 aliphatic rings. The van der Waals surface area contributed by atoms with E-state index in [1.54, 1.807) is 18.2 Å². The van der Waals surface area contributed by atoms with Crippen LogP contribution in [0, 0.1) is 19.7 Å². The quantitative estimate of drug-likeness (QED) is 0.746. The zero-order valence-electron chi connectivity index (χ0n) is 9.38. The Kier molecular flexibility index (Phi) is 3.45. The van der Waals surface area contributed by atoms with Gasteiger partial charge in [-0.2, -0.15) is 0 Å². The second kappa shape index (κ2) is 4.70. The lowest BCUT2D eigenvalue weighted by Crippen LogP contribution is -2.02. The van der Waals surface area contributed by atoms with Crippen LogP contribution in [-0.2, 0) is 0 Å². The fraction of sp³-hybridized carbons (Fsp3) is 0.154. The smallest absolute Gasteiger partial charge is 0.205 e. The fourth-order valence-electron chi connectivity index (χ4n) is 1.52. The summed E-state index contributed by atoms with van der Waals surface area (Å²) in [6.45, 7) is 3.75. The number of ketones is 1. The first-order chi connectivity index (χ1) is 7.99. The van der Waals surface area contributed by atoms with Gasteiger partial charge < -0.3 is 0 Å². The van der Waals surface area contributed by atoms with Crippen molar-refractivity contribution < 1.29 is 9.18 Å². The van der Waals surface area contributed by atoms with Crippen LogP contribution in [0.4, 0.5) is 4.39 Å². The molecule has 0 radical (unpaired) electrons. The van der Waals surface area contributed by atoms with Crippen molar-refractivity contribution in [3.05, 3.63) is 55.4 Å². The predicted octanol–water partition coefficient (Wildman–Crippen LogP) is 4.50. The van der Waals surface area contributed by atoms with Gasteiger partial charge in [0.15, 0.2) is 0 Å². The Morgan fingerprint density at radius 1 is 1.29 bits per heavy atom. The molecule has 0 bridgehead atoms. The molecule has 4 heteroatoms. The van der Waals surface area contributed by atoms with Gasteiger partial charge in [-0.3, -0.25) is 4.79 Å². The highest BCUT2D eigenvalue weighted by atomic mass is 79.9. The van der Waals surface area contributed by atoms with Gasteiger partial charge in [0.05, 0.1) is 14.2 Å². The topological polar surface area (TPSA) is 17.1 Å². The monoisotopic (exact) mass is 312 g/mol. The van der Waals surface area contributed by atoms with Crippen molar-refractivity contribution in [3.63, 3.8) is 0 Å². The number of halogens is 2. The maximum atomic E-state index is 13.6. The average molecular weight is 313 g/mol. The number of rotatable bonds is 2. The minimum absolute atomic E-state index is 0.138. The molecule has 88 valence electrons. The van der Waals surface area contributed by atoms with Gasteiger partial charge in [-0.25, -0.2) is 4.39 Å². The summed E-state index contributed by atoms with van der Waals surface area (Å²) in [7, 11) is 0. The molecule has 0 spiro atoms. The molecular formula is C13H10BrFOS. The first-order valence-electron chi connectivity index (χ1n) is 5.06.